The van der Waals surface area contributed by atoms with Gasteiger partial charge in [-0.25, -0.2) is 4.68 Å². The predicted molar refractivity (Wildman–Crippen MR) is 166 cm³/mol. The lowest BCUT2D eigenvalue weighted by Gasteiger charge is -2.24. The van der Waals surface area contributed by atoms with Gasteiger partial charge >= 0.3 is 0 Å². The van der Waals surface area contributed by atoms with Gasteiger partial charge in [-0.1, -0.05) is 67.9 Å². The Kier molecular flexibility index (Phi) is 7.68. The van der Waals surface area contributed by atoms with Gasteiger partial charge in [0, 0.05) is 17.7 Å². The highest BCUT2D eigenvalue weighted by Crippen LogP contribution is 2.50. The lowest BCUT2D eigenvalue weighted by Crippen LogP contribution is -2.43. The van der Waals surface area contributed by atoms with Crippen molar-refractivity contribution in [3.05, 3.63) is 89.0 Å². The molecule has 8 nitrogen and oxygen atoms in total. The standard InChI is InChI=1S/C33H34N4O4S/c1-20(2)16-34-28(38)17-36-29(39)18-42-32(24-11-13-26-27(15-24)41-19-40-26)30-31(23-8-6-5-7-9-23)35-37(33(30)36)25-12-10-21(3)14-22(25)4/h5-15,20,32H,16-19H2,1-4H3,(H,34,38)/t32-/m0/s1. The van der Waals surface area contributed by atoms with Crippen molar-refractivity contribution in [3.8, 4) is 28.4 Å². The van der Waals surface area contributed by atoms with Crippen LogP contribution in [-0.2, 0) is 9.59 Å². The first-order valence-corrected chi connectivity index (χ1v) is 15.2. The summed E-state index contributed by atoms with van der Waals surface area (Å²) in [6.07, 6.45) is 0. The van der Waals surface area contributed by atoms with E-state index < -0.39 is 0 Å². The number of rotatable bonds is 7. The summed E-state index contributed by atoms with van der Waals surface area (Å²) in [4.78, 5) is 28.8. The molecule has 4 aromatic rings. The van der Waals surface area contributed by atoms with Crippen molar-refractivity contribution in [3.63, 3.8) is 0 Å². The largest absolute Gasteiger partial charge is 0.454 e. The van der Waals surface area contributed by atoms with Crippen LogP contribution in [0.15, 0.2) is 66.7 Å². The second kappa shape index (κ2) is 11.6. The van der Waals surface area contributed by atoms with Crippen LogP contribution in [0.25, 0.3) is 16.9 Å². The SMILES string of the molecule is Cc1ccc(-n2nc(-c3ccccc3)c3c2N(CC(=O)NCC(C)C)C(=O)CS[C@H]3c2ccc3c(c2)OCO3)c(C)c1. The van der Waals surface area contributed by atoms with Gasteiger partial charge in [0.25, 0.3) is 0 Å². The molecular formula is C33H34N4O4S. The molecule has 216 valence electrons. The summed E-state index contributed by atoms with van der Waals surface area (Å²) in [5, 5.41) is 7.94. The van der Waals surface area contributed by atoms with Gasteiger partial charge in [0.05, 0.1) is 22.4 Å². The lowest BCUT2D eigenvalue weighted by atomic mass is 9.99. The number of nitrogens with zero attached hydrogens (tertiary/aromatic N) is 3. The van der Waals surface area contributed by atoms with Crippen LogP contribution in [0.5, 0.6) is 11.5 Å². The number of carbonyl (C=O) groups excluding carboxylic acids is 2. The first kappa shape index (κ1) is 27.9. The number of anilines is 1. The van der Waals surface area contributed by atoms with Crippen LogP contribution in [0.3, 0.4) is 0 Å². The molecule has 1 N–H and O–H groups in total. The number of amides is 2. The van der Waals surface area contributed by atoms with E-state index in [0.717, 1.165) is 39.2 Å². The molecule has 9 heteroatoms. The van der Waals surface area contributed by atoms with Gasteiger partial charge in [-0.15, -0.1) is 11.8 Å². The molecular weight excluding hydrogens is 548 g/mol. The minimum Gasteiger partial charge on any atom is -0.454 e. The molecule has 1 atom stereocenters. The van der Waals surface area contributed by atoms with Gasteiger partial charge in [-0.2, -0.15) is 5.10 Å². The molecule has 42 heavy (non-hydrogen) atoms. The van der Waals surface area contributed by atoms with Crippen molar-refractivity contribution >= 4 is 29.4 Å². The maximum absolute atomic E-state index is 13.9. The number of carbonyl (C=O) groups is 2. The van der Waals surface area contributed by atoms with E-state index >= 15 is 0 Å². The first-order valence-electron chi connectivity index (χ1n) is 14.1. The maximum atomic E-state index is 13.9. The van der Waals surface area contributed by atoms with Crippen molar-refractivity contribution in [1.82, 2.24) is 15.1 Å². The van der Waals surface area contributed by atoms with Crippen LogP contribution in [0.4, 0.5) is 5.82 Å². The lowest BCUT2D eigenvalue weighted by molar-refractivity contribution is -0.123. The maximum Gasteiger partial charge on any atom is 0.240 e. The van der Waals surface area contributed by atoms with Gasteiger partial charge in [-0.3, -0.25) is 14.5 Å². The molecule has 0 radical (unpaired) electrons. The van der Waals surface area contributed by atoms with Crippen LogP contribution in [0.1, 0.15) is 41.4 Å². The predicted octanol–water partition coefficient (Wildman–Crippen LogP) is 5.83. The third-order valence-electron chi connectivity index (χ3n) is 7.43. The van der Waals surface area contributed by atoms with Gasteiger partial charge in [-0.05, 0) is 49.1 Å². The summed E-state index contributed by atoms with van der Waals surface area (Å²) in [7, 11) is 0. The molecule has 1 aromatic heterocycles. The van der Waals surface area contributed by atoms with Crippen LogP contribution in [0, 0.1) is 19.8 Å². The molecule has 0 bridgehead atoms. The van der Waals surface area contributed by atoms with Crippen LogP contribution in [-0.4, -0.2) is 47.2 Å². The van der Waals surface area contributed by atoms with Gasteiger partial charge in [0.2, 0.25) is 18.6 Å². The molecule has 0 saturated carbocycles. The highest BCUT2D eigenvalue weighted by atomic mass is 32.2. The summed E-state index contributed by atoms with van der Waals surface area (Å²) >= 11 is 1.53. The number of hydrogen-bond donors (Lipinski definition) is 1. The van der Waals surface area contributed by atoms with Crippen molar-refractivity contribution < 1.29 is 19.1 Å². The topological polar surface area (TPSA) is 85.7 Å². The first-order chi connectivity index (χ1) is 20.3. The second-order valence-electron chi connectivity index (χ2n) is 11.1. The second-order valence-corrected chi connectivity index (χ2v) is 12.2. The number of nitrogens with one attached hydrogen (secondary N) is 1. The molecule has 6 rings (SSSR count). The Morgan fingerprint density at radius 1 is 1.05 bits per heavy atom. The van der Waals surface area contributed by atoms with Crippen LogP contribution < -0.4 is 19.7 Å². The quantitative estimate of drug-likeness (QED) is 0.295. The molecule has 2 amide bonds. The fourth-order valence-electron chi connectivity index (χ4n) is 5.40. The highest BCUT2D eigenvalue weighted by molar-refractivity contribution is 8.00. The molecule has 3 aromatic carbocycles. The zero-order valence-corrected chi connectivity index (χ0v) is 25.0. The van der Waals surface area contributed by atoms with E-state index in [9.17, 15) is 9.59 Å². The van der Waals surface area contributed by atoms with E-state index in [1.54, 1.807) is 4.90 Å². The van der Waals surface area contributed by atoms with Gasteiger partial charge in [0.1, 0.15) is 12.4 Å². The van der Waals surface area contributed by atoms with Crippen LogP contribution in [0.2, 0.25) is 0 Å². The van der Waals surface area contributed by atoms with E-state index in [0.29, 0.717) is 29.8 Å². The fourth-order valence-corrected chi connectivity index (χ4v) is 6.58. The van der Waals surface area contributed by atoms with E-state index in [1.165, 1.54) is 11.8 Å². The molecule has 3 heterocycles. The van der Waals surface area contributed by atoms with Gasteiger partial charge in [0.15, 0.2) is 11.5 Å². The Labute approximate surface area is 250 Å². The van der Waals surface area contributed by atoms with Crippen LogP contribution >= 0.6 is 11.8 Å². The van der Waals surface area contributed by atoms with E-state index in [-0.39, 0.29) is 36.2 Å². The average molecular weight is 583 g/mol. The number of aryl methyl sites for hydroxylation is 2. The summed E-state index contributed by atoms with van der Waals surface area (Å²) < 4.78 is 13.2. The number of hydrogen-bond acceptors (Lipinski definition) is 6. The summed E-state index contributed by atoms with van der Waals surface area (Å²) in [6, 6.07) is 22.1. The number of aromatic nitrogens is 2. The Morgan fingerprint density at radius 3 is 2.60 bits per heavy atom. The Balaban J connectivity index is 1.60. The molecule has 2 aliphatic heterocycles. The molecule has 0 unspecified atom stereocenters. The molecule has 0 fully saturated rings. The molecule has 0 aliphatic carbocycles. The number of benzene rings is 3. The molecule has 2 aliphatic rings. The number of ether oxygens (including phenoxy) is 2. The minimum absolute atomic E-state index is 0.0994. The monoisotopic (exact) mass is 582 g/mol. The number of fused-ring (bicyclic) bond motifs is 2. The van der Waals surface area contributed by atoms with Gasteiger partial charge < -0.3 is 14.8 Å². The van der Waals surface area contributed by atoms with Crippen molar-refractivity contribution in [2.75, 3.05) is 30.5 Å². The third kappa shape index (κ3) is 5.36. The summed E-state index contributed by atoms with van der Waals surface area (Å²) in [5.74, 6) is 2.13. The smallest absolute Gasteiger partial charge is 0.240 e. The fraction of sp³-hybridized carbons (Fsp3) is 0.303. The zero-order chi connectivity index (χ0) is 29.4. The van der Waals surface area contributed by atoms with E-state index in [1.807, 2.05) is 86.1 Å². The summed E-state index contributed by atoms with van der Waals surface area (Å²) in [5.41, 5.74) is 6.57. The Hall–Kier alpha value is -4.24. The van der Waals surface area contributed by atoms with E-state index in [4.69, 9.17) is 14.6 Å². The van der Waals surface area contributed by atoms with Crippen molar-refractivity contribution in [2.24, 2.45) is 5.92 Å². The minimum atomic E-state index is -0.253. The Bertz CT molecular complexity index is 1650. The highest BCUT2D eigenvalue weighted by Gasteiger charge is 2.38. The normalized spacial score (nSPS) is 16.0. The van der Waals surface area contributed by atoms with E-state index in [2.05, 4.69) is 18.3 Å². The van der Waals surface area contributed by atoms with Crippen molar-refractivity contribution in [1.29, 1.82) is 0 Å². The summed E-state index contributed by atoms with van der Waals surface area (Å²) in [6.45, 7) is 8.80. The molecule has 0 spiro atoms. The van der Waals surface area contributed by atoms with Crippen molar-refractivity contribution in [2.45, 2.75) is 32.9 Å². The average Bonchev–Trinajstić information content (AvgIpc) is 3.57. The molecule has 0 saturated heterocycles. The Morgan fingerprint density at radius 2 is 1.83 bits per heavy atom. The zero-order valence-electron chi connectivity index (χ0n) is 24.2. The third-order valence-corrected chi connectivity index (χ3v) is 8.68. The number of thioether (sulfide) groups is 1.